The summed E-state index contributed by atoms with van der Waals surface area (Å²) < 4.78 is 0. The normalized spacial score (nSPS) is 19.9. The maximum atomic E-state index is 12.3. The summed E-state index contributed by atoms with van der Waals surface area (Å²) in [5.74, 6) is -0.297. The van der Waals surface area contributed by atoms with E-state index in [4.69, 9.17) is 11.6 Å². The number of carbonyl (C=O) groups is 2. The molecule has 0 saturated carbocycles. The minimum Gasteiger partial charge on any atom is -0.337 e. The molecule has 1 atom stereocenters. The van der Waals surface area contributed by atoms with E-state index in [-0.39, 0.29) is 17.9 Å². The van der Waals surface area contributed by atoms with Crippen molar-refractivity contribution in [1.82, 2.24) is 5.32 Å². The van der Waals surface area contributed by atoms with Crippen LogP contribution in [0.15, 0.2) is 24.3 Å². The van der Waals surface area contributed by atoms with E-state index in [1.54, 1.807) is 24.3 Å². The van der Waals surface area contributed by atoms with Crippen molar-refractivity contribution < 1.29 is 9.59 Å². The Morgan fingerprint density at radius 1 is 1.44 bits per heavy atom. The lowest BCUT2D eigenvalue weighted by atomic mass is 10.00. The van der Waals surface area contributed by atoms with Crippen molar-refractivity contribution in [3.63, 3.8) is 0 Å². The molecule has 2 rings (SSSR count). The third-order valence-corrected chi connectivity index (χ3v) is 3.21. The van der Waals surface area contributed by atoms with Crippen LogP contribution in [0.5, 0.6) is 0 Å². The Hall–Kier alpha value is -1.55. The Kier molecular flexibility index (Phi) is 3.87. The molecule has 1 aromatic carbocycles. The SMILES string of the molecule is CCCC1CNC(=O)N(c2cccc(Cl)c2)C1=O. The van der Waals surface area contributed by atoms with Gasteiger partial charge in [0.1, 0.15) is 0 Å². The average Bonchev–Trinajstić information content (AvgIpc) is 2.33. The van der Waals surface area contributed by atoms with Crippen LogP contribution in [0, 0.1) is 5.92 Å². The van der Waals surface area contributed by atoms with E-state index in [1.807, 2.05) is 6.92 Å². The summed E-state index contributed by atoms with van der Waals surface area (Å²) in [5, 5.41) is 3.24. The first-order chi connectivity index (χ1) is 8.63. The molecule has 0 aliphatic carbocycles. The summed E-state index contributed by atoms with van der Waals surface area (Å²) in [6.45, 7) is 2.44. The fraction of sp³-hybridized carbons (Fsp3) is 0.385. The van der Waals surface area contributed by atoms with E-state index in [9.17, 15) is 9.59 Å². The fourth-order valence-corrected chi connectivity index (χ4v) is 2.28. The first-order valence-electron chi connectivity index (χ1n) is 6.01. The molecule has 3 amide bonds. The zero-order valence-electron chi connectivity index (χ0n) is 10.1. The Morgan fingerprint density at radius 2 is 2.22 bits per heavy atom. The van der Waals surface area contributed by atoms with Gasteiger partial charge >= 0.3 is 6.03 Å². The van der Waals surface area contributed by atoms with Crippen LogP contribution in [-0.4, -0.2) is 18.5 Å². The van der Waals surface area contributed by atoms with Crippen LogP contribution in [0.25, 0.3) is 0 Å². The third-order valence-electron chi connectivity index (χ3n) is 2.98. The van der Waals surface area contributed by atoms with Gasteiger partial charge in [-0.2, -0.15) is 0 Å². The summed E-state index contributed by atoms with van der Waals surface area (Å²) in [7, 11) is 0. The molecule has 0 aromatic heterocycles. The number of hydrogen-bond donors (Lipinski definition) is 1. The molecule has 96 valence electrons. The second-order valence-electron chi connectivity index (χ2n) is 4.33. The predicted octanol–water partition coefficient (Wildman–Crippen LogP) is 2.81. The van der Waals surface area contributed by atoms with E-state index < -0.39 is 0 Å². The average molecular weight is 267 g/mol. The number of urea groups is 1. The van der Waals surface area contributed by atoms with Gasteiger partial charge in [-0.25, -0.2) is 9.69 Å². The Balaban J connectivity index is 2.29. The molecule has 1 heterocycles. The highest BCUT2D eigenvalue weighted by Crippen LogP contribution is 2.24. The van der Waals surface area contributed by atoms with Gasteiger partial charge in [0.25, 0.3) is 0 Å². The largest absolute Gasteiger partial charge is 0.337 e. The first-order valence-corrected chi connectivity index (χ1v) is 6.38. The maximum Gasteiger partial charge on any atom is 0.328 e. The number of carbonyl (C=O) groups excluding carboxylic acids is 2. The molecule has 1 fully saturated rings. The minimum absolute atomic E-state index is 0.147. The molecule has 1 N–H and O–H groups in total. The Bertz CT molecular complexity index is 476. The van der Waals surface area contributed by atoms with Crippen LogP contribution in [0.3, 0.4) is 0 Å². The number of anilines is 1. The van der Waals surface area contributed by atoms with Crippen molar-refractivity contribution >= 4 is 29.2 Å². The van der Waals surface area contributed by atoms with Gasteiger partial charge in [0.05, 0.1) is 11.6 Å². The molecule has 1 unspecified atom stereocenters. The highest BCUT2D eigenvalue weighted by Gasteiger charge is 2.34. The van der Waals surface area contributed by atoms with E-state index in [0.717, 1.165) is 12.8 Å². The van der Waals surface area contributed by atoms with Gasteiger partial charge in [-0.15, -0.1) is 0 Å². The van der Waals surface area contributed by atoms with E-state index in [2.05, 4.69) is 5.32 Å². The van der Waals surface area contributed by atoms with Crippen molar-refractivity contribution in [3.05, 3.63) is 29.3 Å². The number of rotatable bonds is 3. The summed E-state index contributed by atoms with van der Waals surface area (Å²) in [6, 6.07) is 6.38. The lowest BCUT2D eigenvalue weighted by Crippen LogP contribution is -2.55. The fourth-order valence-electron chi connectivity index (χ4n) is 2.09. The first kappa shape index (κ1) is 12.9. The molecular formula is C13H15ClN2O2. The van der Waals surface area contributed by atoms with Crippen LogP contribution in [0.4, 0.5) is 10.5 Å². The highest BCUT2D eigenvalue weighted by molar-refractivity contribution is 6.31. The van der Waals surface area contributed by atoms with E-state index in [1.165, 1.54) is 4.90 Å². The van der Waals surface area contributed by atoms with Crippen LogP contribution in [0.1, 0.15) is 19.8 Å². The number of amides is 3. The van der Waals surface area contributed by atoms with Gasteiger partial charge in [-0.1, -0.05) is 31.0 Å². The van der Waals surface area contributed by atoms with Crippen molar-refractivity contribution in [1.29, 1.82) is 0 Å². The second kappa shape index (κ2) is 5.40. The molecule has 4 nitrogen and oxygen atoms in total. The maximum absolute atomic E-state index is 12.3. The number of nitrogens with zero attached hydrogens (tertiary/aromatic N) is 1. The highest BCUT2D eigenvalue weighted by atomic mass is 35.5. The number of hydrogen-bond acceptors (Lipinski definition) is 2. The number of imide groups is 1. The zero-order chi connectivity index (χ0) is 13.1. The molecule has 5 heteroatoms. The quantitative estimate of drug-likeness (QED) is 0.915. The summed E-state index contributed by atoms with van der Waals surface area (Å²) in [6.07, 6.45) is 1.69. The molecule has 1 saturated heterocycles. The number of benzene rings is 1. The number of halogens is 1. The molecule has 18 heavy (non-hydrogen) atoms. The molecule has 0 radical (unpaired) electrons. The topological polar surface area (TPSA) is 49.4 Å². The second-order valence-corrected chi connectivity index (χ2v) is 4.76. The summed E-state index contributed by atoms with van der Waals surface area (Å²) in [5.41, 5.74) is 0.519. The van der Waals surface area contributed by atoms with Gasteiger partial charge in [0.15, 0.2) is 0 Å². The molecule has 1 aliphatic heterocycles. The van der Waals surface area contributed by atoms with Gasteiger partial charge in [0, 0.05) is 11.6 Å². The van der Waals surface area contributed by atoms with Gasteiger partial charge < -0.3 is 5.32 Å². The monoisotopic (exact) mass is 266 g/mol. The van der Waals surface area contributed by atoms with Crippen molar-refractivity contribution in [2.45, 2.75) is 19.8 Å². The van der Waals surface area contributed by atoms with Crippen molar-refractivity contribution in [3.8, 4) is 0 Å². The van der Waals surface area contributed by atoms with Crippen molar-refractivity contribution in [2.75, 3.05) is 11.4 Å². The standard InChI is InChI=1S/C13H15ClN2O2/c1-2-4-9-8-15-13(18)16(12(9)17)11-6-3-5-10(14)7-11/h3,5-7,9H,2,4,8H2,1H3,(H,15,18). The Morgan fingerprint density at radius 3 is 2.89 bits per heavy atom. The summed E-state index contributed by atoms with van der Waals surface area (Å²) >= 11 is 5.89. The lowest BCUT2D eigenvalue weighted by molar-refractivity contribution is -0.122. The van der Waals surface area contributed by atoms with Crippen molar-refractivity contribution in [2.24, 2.45) is 5.92 Å². The Labute approximate surface area is 111 Å². The molecule has 1 aliphatic rings. The minimum atomic E-state index is -0.380. The van der Waals surface area contributed by atoms with Crippen LogP contribution >= 0.6 is 11.6 Å². The molecular weight excluding hydrogens is 252 g/mol. The molecule has 1 aromatic rings. The smallest absolute Gasteiger partial charge is 0.328 e. The van der Waals surface area contributed by atoms with E-state index >= 15 is 0 Å². The lowest BCUT2D eigenvalue weighted by Gasteiger charge is -2.31. The predicted molar refractivity (Wildman–Crippen MR) is 70.7 cm³/mol. The zero-order valence-corrected chi connectivity index (χ0v) is 10.9. The van der Waals surface area contributed by atoms with Crippen LogP contribution in [0.2, 0.25) is 5.02 Å². The third kappa shape index (κ3) is 2.48. The van der Waals surface area contributed by atoms with Gasteiger partial charge in [-0.05, 0) is 24.6 Å². The van der Waals surface area contributed by atoms with Crippen LogP contribution in [-0.2, 0) is 4.79 Å². The molecule has 0 spiro atoms. The van der Waals surface area contributed by atoms with Crippen LogP contribution < -0.4 is 10.2 Å². The van der Waals surface area contributed by atoms with Gasteiger partial charge in [0.2, 0.25) is 5.91 Å². The summed E-state index contributed by atoms with van der Waals surface area (Å²) in [4.78, 5) is 25.3. The van der Waals surface area contributed by atoms with Gasteiger partial charge in [-0.3, -0.25) is 4.79 Å². The molecule has 0 bridgehead atoms. The number of nitrogens with one attached hydrogen (secondary N) is 1. The van der Waals surface area contributed by atoms with E-state index in [0.29, 0.717) is 17.3 Å².